The van der Waals surface area contributed by atoms with E-state index in [9.17, 15) is 5.11 Å². The maximum atomic E-state index is 9.67. The summed E-state index contributed by atoms with van der Waals surface area (Å²) in [6.45, 7) is 5.83. The van der Waals surface area contributed by atoms with Crippen LogP contribution in [0.15, 0.2) is 12.7 Å². The molecule has 1 aromatic rings. The highest BCUT2D eigenvalue weighted by Gasteiger charge is 2.28. The van der Waals surface area contributed by atoms with Crippen LogP contribution < -0.4 is 0 Å². The summed E-state index contributed by atoms with van der Waals surface area (Å²) in [6.07, 6.45) is 3.43. The van der Waals surface area contributed by atoms with Gasteiger partial charge in [0.25, 0.3) is 0 Å². The molecule has 0 fully saturated rings. The zero-order valence-corrected chi connectivity index (χ0v) is 7.73. The van der Waals surface area contributed by atoms with E-state index in [4.69, 9.17) is 0 Å². The third-order valence-electron chi connectivity index (χ3n) is 2.21. The number of hydrogen-bond acceptors (Lipinski definition) is 3. The average molecular weight is 169 g/mol. The Morgan fingerprint density at radius 1 is 1.58 bits per heavy atom. The van der Waals surface area contributed by atoms with E-state index < -0.39 is 0 Å². The van der Waals surface area contributed by atoms with Crippen LogP contribution in [-0.2, 0) is 5.54 Å². The second-order valence-electron chi connectivity index (χ2n) is 3.42. The maximum Gasteiger partial charge on any atom is 0.137 e. The minimum absolute atomic E-state index is 0.370. The highest BCUT2D eigenvalue weighted by atomic mass is 16.3. The van der Waals surface area contributed by atoms with Gasteiger partial charge in [0.15, 0.2) is 0 Å². The van der Waals surface area contributed by atoms with Crippen LogP contribution in [0.1, 0.15) is 27.2 Å². The Morgan fingerprint density at radius 3 is 2.67 bits per heavy atom. The minimum Gasteiger partial charge on any atom is -0.391 e. The monoisotopic (exact) mass is 169 g/mol. The number of aromatic nitrogens is 3. The summed E-state index contributed by atoms with van der Waals surface area (Å²) in [5, 5.41) is 13.7. The van der Waals surface area contributed by atoms with Gasteiger partial charge in [0.2, 0.25) is 0 Å². The van der Waals surface area contributed by atoms with Crippen LogP contribution in [0.2, 0.25) is 0 Å². The summed E-state index contributed by atoms with van der Waals surface area (Å²) in [4.78, 5) is 3.85. The van der Waals surface area contributed by atoms with Gasteiger partial charge < -0.3 is 5.11 Å². The van der Waals surface area contributed by atoms with E-state index in [1.165, 1.54) is 6.33 Å². The molecule has 4 nitrogen and oxygen atoms in total. The van der Waals surface area contributed by atoms with E-state index in [-0.39, 0.29) is 11.6 Å². The molecule has 0 amide bonds. The Bertz CT molecular complexity index is 230. The number of hydrogen-bond donors (Lipinski definition) is 1. The van der Waals surface area contributed by atoms with Crippen molar-refractivity contribution in [3.63, 3.8) is 0 Å². The Labute approximate surface area is 72.2 Å². The molecule has 0 radical (unpaired) electrons. The molecule has 1 rings (SSSR count). The first-order valence-corrected chi connectivity index (χ1v) is 4.12. The van der Waals surface area contributed by atoms with E-state index in [1.807, 2.05) is 20.8 Å². The molecule has 0 aliphatic carbocycles. The van der Waals surface area contributed by atoms with Gasteiger partial charge in [-0.15, -0.1) is 0 Å². The fraction of sp³-hybridized carbons (Fsp3) is 0.750. The third-order valence-corrected chi connectivity index (χ3v) is 2.21. The first kappa shape index (κ1) is 9.19. The van der Waals surface area contributed by atoms with Crippen LogP contribution >= 0.6 is 0 Å². The molecule has 0 saturated heterocycles. The Morgan fingerprint density at radius 2 is 2.25 bits per heavy atom. The lowest BCUT2D eigenvalue weighted by molar-refractivity contribution is 0.0462. The smallest absolute Gasteiger partial charge is 0.137 e. The van der Waals surface area contributed by atoms with Crippen LogP contribution in [-0.4, -0.2) is 26.0 Å². The Kier molecular flexibility index (Phi) is 2.47. The average Bonchev–Trinajstić information content (AvgIpc) is 2.55. The van der Waals surface area contributed by atoms with Gasteiger partial charge in [0, 0.05) is 0 Å². The van der Waals surface area contributed by atoms with E-state index in [0.717, 1.165) is 0 Å². The zero-order chi connectivity index (χ0) is 9.19. The summed E-state index contributed by atoms with van der Waals surface area (Å²) in [5.41, 5.74) is -0.370. The summed E-state index contributed by atoms with van der Waals surface area (Å²) >= 11 is 0. The van der Waals surface area contributed by atoms with Gasteiger partial charge >= 0.3 is 0 Å². The van der Waals surface area contributed by atoms with Crippen molar-refractivity contribution < 1.29 is 5.11 Å². The number of aliphatic hydroxyl groups excluding tert-OH is 1. The second-order valence-corrected chi connectivity index (χ2v) is 3.42. The normalized spacial score (nSPS) is 14.7. The van der Waals surface area contributed by atoms with Crippen molar-refractivity contribution >= 4 is 0 Å². The number of rotatable bonds is 3. The van der Waals surface area contributed by atoms with Crippen molar-refractivity contribution in [1.29, 1.82) is 0 Å². The summed E-state index contributed by atoms with van der Waals surface area (Å²) < 4.78 is 1.68. The van der Waals surface area contributed by atoms with Crippen LogP contribution in [0, 0.1) is 0 Å². The molecule has 0 aliphatic heterocycles. The van der Waals surface area contributed by atoms with Crippen molar-refractivity contribution in [2.45, 2.75) is 38.8 Å². The molecule has 12 heavy (non-hydrogen) atoms. The molecule has 0 saturated carbocycles. The van der Waals surface area contributed by atoms with E-state index in [0.29, 0.717) is 6.42 Å². The molecule has 68 valence electrons. The Hall–Kier alpha value is -0.900. The number of nitrogens with zero attached hydrogens (tertiary/aromatic N) is 3. The highest BCUT2D eigenvalue weighted by Crippen LogP contribution is 2.19. The Balaban J connectivity index is 2.85. The van der Waals surface area contributed by atoms with Gasteiger partial charge in [-0.05, 0) is 20.3 Å². The molecule has 0 aromatic carbocycles. The largest absolute Gasteiger partial charge is 0.391 e. The predicted molar refractivity (Wildman–Crippen MR) is 45.6 cm³/mol. The predicted octanol–water partition coefficient (Wildman–Crippen LogP) is 0.784. The summed E-state index contributed by atoms with van der Waals surface area (Å²) in [7, 11) is 0. The fourth-order valence-corrected chi connectivity index (χ4v) is 1.16. The van der Waals surface area contributed by atoms with Crippen molar-refractivity contribution in [2.75, 3.05) is 0 Å². The van der Waals surface area contributed by atoms with Crippen molar-refractivity contribution in [3.05, 3.63) is 12.7 Å². The summed E-state index contributed by atoms with van der Waals surface area (Å²) in [5.74, 6) is 0. The first-order chi connectivity index (χ1) is 5.59. The molecular weight excluding hydrogens is 154 g/mol. The van der Waals surface area contributed by atoms with Gasteiger partial charge in [-0.3, -0.25) is 0 Å². The van der Waals surface area contributed by atoms with Gasteiger partial charge in [-0.1, -0.05) is 6.92 Å². The SMILES string of the molecule is CCC(O)C(C)(C)n1cncn1. The quantitative estimate of drug-likeness (QED) is 0.727. The van der Waals surface area contributed by atoms with Crippen LogP contribution in [0.25, 0.3) is 0 Å². The molecule has 0 bridgehead atoms. The topological polar surface area (TPSA) is 50.9 Å². The van der Waals surface area contributed by atoms with Gasteiger partial charge in [-0.25, -0.2) is 9.67 Å². The lowest BCUT2D eigenvalue weighted by atomic mass is 9.96. The van der Waals surface area contributed by atoms with E-state index in [2.05, 4.69) is 10.1 Å². The van der Waals surface area contributed by atoms with Gasteiger partial charge in [0.05, 0.1) is 11.6 Å². The van der Waals surface area contributed by atoms with Crippen LogP contribution in [0.4, 0.5) is 0 Å². The van der Waals surface area contributed by atoms with Crippen LogP contribution in [0.5, 0.6) is 0 Å². The molecule has 1 N–H and O–H groups in total. The molecule has 1 heterocycles. The van der Waals surface area contributed by atoms with E-state index in [1.54, 1.807) is 11.0 Å². The van der Waals surface area contributed by atoms with Crippen molar-refractivity contribution in [3.8, 4) is 0 Å². The van der Waals surface area contributed by atoms with E-state index >= 15 is 0 Å². The minimum atomic E-state index is -0.390. The lowest BCUT2D eigenvalue weighted by Gasteiger charge is -2.29. The molecule has 1 unspecified atom stereocenters. The fourth-order valence-electron chi connectivity index (χ4n) is 1.16. The molecule has 1 atom stereocenters. The molecule has 0 spiro atoms. The molecular formula is C8H15N3O. The first-order valence-electron chi connectivity index (χ1n) is 4.12. The van der Waals surface area contributed by atoms with Gasteiger partial charge in [-0.2, -0.15) is 5.10 Å². The second kappa shape index (κ2) is 3.23. The molecule has 4 heteroatoms. The standard InChI is InChI=1S/C8H15N3O/c1-4-7(12)8(2,3)11-6-9-5-10-11/h5-7,12H,4H2,1-3H3. The number of aliphatic hydroxyl groups is 1. The van der Waals surface area contributed by atoms with Crippen LogP contribution in [0.3, 0.4) is 0 Å². The van der Waals surface area contributed by atoms with Gasteiger partial charge in [0.1, 0.15) is 12.7 Å². The summed E-state index contributed by atoms with van der Waals surface area (Å²) in [6, 6.07) is 0. The van der Waals surface area contributed by atoms with Crippen molar-refractivity contribution in [2.24, 2.45) is 0 Å². The molecule has 1 aromatic heterocycles. The maximum absolute atomic E-state index is 9.67. The van der Waals surface area contributed by atoms with Crippen molar-refractivity contribution in [1.82, 2.24) is 14.8 Å². The highest BCUT2D eigenvalue weighted by molar-refractivity contribution is 4.83. The lowest BCUT2D eigenvalue weighted by Crippen LogP contribution is -2.39. The third kappa shape index (κ3) is 1.48. The zero-order valence-electron chi connectivity index (χ0n) is 7.73. The molecule has 0 aliphatic rings.